The lowest BCUT2D eigenvalue weighted by Crippen LogP contribution is -2.05. The highest BCUT2D eigenvalue weighted by molar-refractivity contribution is 6.28. The SMILES string of the molecule is c1cc(C2CCCCC2)cc(-n2c3ccccc3c3c(-c4cccc5c(-c6c7ccccc7cc7ccccc67)c6cccc(-c7cccc8c7c7ccccc7n8-c7cccc(C8CCCCC8)c7)c6cc45)cccc32)c1. The fourth-order valence-electron chi connectivity index (χ4n) is 14.9. The lowest BCUT2D eigenvalue weighted by molar-refractivity contribution is 0.443. The number of nitrogens with zero attached hydrogens (tertiary/aromatic N) is 2. The van der Waals surface area contributed by atoms with Gasteiger partial charge in [0.25, 0.3) is 0 Å². The van der Waals surface area contributed by atoms with Crippen molar-refractivity contribution in [3.05, 3.63) is 242 Å². The van der Waals surface area contributed by atoms with Crippen molar-refractivity contribution in [3.8, 4) is 44.8 Å². The van der Waals surface area contributed by atoms with E-state index in [0.29, 0.717) is 11.8 Å². The fourth-order valence-corrected chi connectivity index (χ4v) is 14.9. The van der Waals surface area contributed by atoms with Gasteiger partial charge in [-0.1, -0.05) is 208 Å². The molecule has 0 atom stereocenters. The van der Waals surface area contributed by atoms with Gasteiger partial charge in [0.2, 0.25) is 0 Å². The number of hydrogen-bond donors (Lipinski definition) is 0. The van der Waals surface area contributed by atoms with Crippen LogP contribution >= 0.6 is 0 Å². The largest absolute Gasteiger partial charge is 0.309 e. The monoisotopic (exact) mass is 1000 g/mol. The minimum atomic E-state index is 0.624. The number of aromatic nitrogens is 2. The molecule has 78 heavy (non-hydrogen) atoms. The summed E-state index contributed by atoms with van der Waals surface area (Å²) in [5.41, 5.74) is 17.9. The van der Waals surface area contributed by atoms with Crippen molar-refractivity contribution in [1.29, 1.82) is 0 Å². The Kier molecular flexibility index (Phi) is 10.8. The summed E-state index contributed by atoms with van der Waals surface area (Å²) in [5.74, 6) is 1.25. The minimum absolute atomic E-state index is 0.624. The standard InChI is InChI=1S/C76H60N2/c1-3-21-49(22-4-1)51-27-15-29-55(46-51)77-69-41-13-11-33-65(69)73-61(39-19-43-71(73)77)59-35-17-37-63-67(59)48-68-60(36-18-38-64(68)76(63)75-57-31-9-7-25-53(57)45-54-26-8-10-32-58(54)75)62-40-20-44-72-74(62)66-34-12-14-42-70(66)78(72)56-30-16-28-52(47-56)50-23-5-2-6-24-50/h7-20,25-50H,1-6,21-24H2. The molecule has 0 saturated heterocycles. The van der Waals surface area contributed by atoms with Gasteiger partial charge < -0.3 is 9.13 Å². The third-order valence-corrected chi connectivity index (χ3v) is 18.4. The van der Waals surface area contributed by atoms with Crippen LogP contribution in [0.15, 0.2) is 231 Å². The van der Waals surface area contributed by atoms with E-state index < -0.39 is 0 Å². The van der Waals surface area contributed by atoms with Crippen LogP contribution in [0.1, 0.15) is 87.2 Å². The molecular formula is C76H60N2. The predicted molar refractivity (Wildman–Crippen MR) is 333 cm³/mol. The molecule has 2 aromatic heterocycles. The average Bonchev–Trinajstić information content (AvgIpc) is 4.17. The van der Waals surface area contributed by atoms with Crippen molar-refractivity contribution < 1.29 is 0 Å². The first-order chi connectivity index (χ1) is 38.7. The molecule has 0 spiro atoms. The Labute approximate surface area is 455 Å². The first kappa shape index (κ1) is 45.5. The Morgan fingerprint density at radius 1 is 0.256 bits per heavy atom. The zero-order chi connectivity index (χ0) is 51.3. The van der Waals surface area contributed by atoms with Crippen LogP contribution in [0.3, 0.4) is 0 Å². The molecule has 2 aliphatic rings. The smallest absolute Gasteiger partial charge is 0.0547 e. The predicted octanol–water partition coefficient (Wildman–Crippen LogP) is 21.6. The van der Waals surface area contributed by atoms with E-state index in [1.165, 1.54) is 207 Å². The van der Waals surface area contributed by atoms with E-state index in [1.54, 1.807) is 0 Å². The summed E-state index contributed by atoms with van der Waals surface area (Å²) < 4.78 is 5.08. The van der Waals surface area contributed by atoms with Gasteiger partial charge in [-0.3, -0.25) is 0 Å². The minimum Gasteiger partial charge on any atom is -0.309 e. The quantitative estimate of drug-likeness (QED) is 0.141. The molecule has 2 fully saturated rings. The Morgan fingerprint density at radius 2 is 0.628 bits per heavy atom. The molecule has 374 valence electrons. The highest BCUT2D eigenvalue weighted by atomic mass is 15.0. The summed E-state index contributed by atoms with van der Waals surface area (Å²) in [6, 6.07) is 88.4. The van der Waals surface area contributed by atoms with Crippen LogP contribution in [0.25, 0.3) is 131 Å². The molecule has 0 unspecified atom stereocenters. The second-order valence-corrected chi connectivity index (χ2v) is 22.7. The summed E-state index contributed by atoms with van der Waals surface area (Å²) >= 11 is 0. The number of para-hydroxylation sites is 2. The van der Waals surface area contributed by atoms with Crippen molar-refractivity contribution >= 4 is 86.7 Å². The molecule has 2 aliphatic carbocycles. The Bertz CT molecular complexity index is 4410. The second-order valence-electron chi connectivity index (χ2n) is 22.7. The van der Waals surface area contributed by atoms with E-state index in [0.717, 1.165) is 0 Å². The van der Waals surface area contributed by atoms with Gasteiger partial charge in [0.1, 0.15) is 0 Å². The molecule has 16 rings (SSSR count). The molecule has 0 amide bonds. The van der Waals surface area contributed by atoms with Gasteiger partial charge in [0, 0.05) is 32.9 Å². The van der Waals surface area contributed by atoms with Crippen LogP contribution in [-0.2, 0) is 0 Å². The van der Waals surface area contributed by atoms with Gasteiger partial charge >= 0.3 is 0 Å². The van der Waals surface area contributed by atoms with Gasteiger partial charge in [0.15, 0.2) is 0 Å². The molecule has 2 heteroatoms. The summed E-state index contributed by atoms with van der Waals surface area (Å²) in [7, 11) is 0. The van der Waals surface area contributed by atoms with E-state index in [4.69, 9.17) is 0 Å². The van der Waals surface area contributed by atoms with E-state index in [2.05, 4.69) is 240 Å². The van der Waals surface area contributed by atoms with Crippen molar-refractivity contribution in [2.45, 2.75) is 76.0 Å². The van der Waals surface area contributed by atoms with E-state index in [-0.39, 0.29) is 0 Å². The van der Waals surface area contributed by atoms with Crippen LogP contribution in [-0.4, -0.2) is 9.13 Å². The number of fused-ring (bicyclic) bond motifs is 10. The molecule has 2 saturated carbocycles. The van der Waals surface area contributed by atoms with E-state index >= 15 is 0 Å². The lowest BCUT2D eigenvalue weighted by atomic mass is 9.82. The molecule has 0 N–H and O–H groups in total. The fraction of sp³-hybridized carbons (Fsp3) is 0.158. The molecule has 0 bridgehead atoms. The van der Waals surface area contributed by atoms with Crippen LogP contribution in [0.4, 0.5) is 0 Å². The van der Waals surface area contributed by atoms with Gasteiger partial charge in [-0.2, -0.15) is 0 Å². The first-order valence-electron chi connectivity index (χ1n) is 28.9. The highest BCUT2D eigenvalue weighted by Crippen LogP contribution is 2.50. The molecule has 12 aromatic carbocycles. The van der Waals surface area contributed by atoms with Crippen LogP contribution < -0.4 is 0 Å². The zero-order valence-electron chi connectivity index (χ0n) is 44.1. The molecule has 0 aliphatic heterocycles. The molecule has 2 nitrogen and oxygen atoms in total. The average molecular weight is 1000 g/mol. The summed E-state index contributed by atoms with van der Waals surface area (Å²) in [4.78, 5) is 0. The van der Waals surface area contributed by atoms with Crippen LogP contribution in [0.2, 0.25) is 0 Å². The second kappa shape index (κ2) is 18.5. The van der Waals surface area contributed by atoms with Gasteiger partial charge in [0.05, 0.1) is 22.1 Å². The topological polar surface area (TPSA) is 9.86 Å². The summed E-state index contributed by atoms with van der Waals surface area (Å²) in [6.07, 6.45) is 13.1. The Morgan fingerprint density at radius 3 is 1.12 bits per heavy atom. The third-order valence-electron chi connectivity index (χ3n) is 18.4. The van der Waals surface area contributed by atoms with Gasteiger partial charge in [-0.25, -0.2) is 0 Å². The molecule has 14 aromatic rings. The number of hydrogen-bond acceptors (Lipinski definition) is 0. The van der Waals surface area contributed by atoms with Crippen molar-refractivity contribution in [2.24, 2.45) is 0 Å². The lowest BCUT2D eigenvalue weighted by Gasteiger charge is -2.22. The maximum Gasteiger partial charge on any atom is 0.0547 e. The van der Waals surface area contributed by atoms with E-state index in [1.807, 2.05) is 0 Å². The van der Waals surface area contributed by atoms with Gasteiger partial charge in [-0.05, 0) is 186 Å². The third kappa shape index (κ3) is 7.15. The number of rotatable bonds is 7. The van der Waals surface area contributed by atoms with Crippen molar-refractivity contribution in [3.63, 3.8) is 0 Å². The van der Waals surface area contributed by atoms with Gasteiger partial charge in [-0.15, -0.1) is 0 Å². The summed E-state index contributed by atoms with van der Waals surface area (Å²) in [6.45, 7) is 0. The van der Waals surface area contributed by atoms with E-state index in [9.17, 15) is 0 Å². The maximum absolute atomic E-state index is 2.56. The molecule has 0 radical (unpaired) electrons. The van der Waals surface area contributed by atoms with Crippen molar-refractivity contribution in [1.82, 2.24) is 9.13 Å². The van der Waals surface area contributed by atoms with Crippen LogP contribution in [0, 0.1) is 0 Å². The molecular weight excluding hydrogens is 941 g/mol. The van der Waals surface area contributed by atoms with Crippen LogP contribution in [0.5, 0.6) is 0 Å². The Balaban J connectivity index is 0.992. The first-order valence-corrected chi connectivity index (χ1v) is 28.9. The zero-order valence-corrected chi connectivity index (χ0v) is 44.1. The Hall–Kier alpha value is -8.72. The summed E-state index contributed by atoms with van der Waals surface area (Å²) in [5, 5.41) is 15.2. The van der Waals surface area contributed by atoms with Crippen molar-refractivity contribution in [2.75, 3.05) is 0 Å². The highest BCUT2D eigenvalue weighted by Gasteiger charge is 2.25. The maximum atomic E-state index is 2.56. The normalized spacial score (nSPS) is 14.8. The molecule has 2 heterocycles. The number of benzene rings is 12.